The second-order valence-electron chi connectivity index (χ2n) is 1.74. The topological polar surface area (TPSA) is 72.0 Å². The van der Waals surface area contributed by atoms with Crippen molar-refractivity contribution in [2.24, 2.45) is 0 Å². The fourth-order valence-corrected chi connectivity index (χ4v) is 0.571. The highest BCUT2D eigenvalue weighted by molar-refractivity contribution is 5.61. The monoisotopic (exact) mass is 137 g/mol. The molecule has 0 saturated heterocycles. The second kappa shape index (κ2) is 2.34. The van der Waals surface area contributed by atoms with Gasteiger partial charge in [0.15, 0.2) is 5.82 Å². The summed E-state index contributed by atoms with van der Waals surface area (Å²) in [6.07, 6.45) is 2.88. The number of aliphatic hydroxyl groups excluding tert-OH is 1. The van der Waals surface area contributed by atoms with Crippen LogP contribution in [0.25, 0.3) is 5.76 Å². The van der Waals surface area contributed by atoms with Crippen LogP contribution in [0, 0.1) is 0 Å². The summed E-state index contributed by atoms with van der Waals surface area (Å²) < 4.78 is 0. The van der Waals surface area contributed by atoms with E-state index in [9.17, 15) is 0 Å². The van der Waals surface area contributed by atoms with Crippen LogP contribution in [-0.4, -0.2) is 15.1 Å². The molecule has 0 aliphatic rings. The van der Waals surface area contributed by atoms with Crippen molar-refractivity contribution in [1.29, 1.82) is 0 Å². The van der Waals surface area contributed by atoms with Crippen LogP contribution < -0.4 is 5.73 Å². The van der Waals surface area contributed by atoms with E-state index in [-0.39, 0.29) is 17.3 Å². The average molecular weight is 137 g/mol. The van der Waals surface area contributed by atoms with E-state index in [2.05, 4.69) is 16.5 Å². The van der Waals surface area contributed by atoms with Crippen LogP contribution in [-0.2, 0) is 0 Å². The fraction of sp³-hybridized carbons (Fsp3) is 0. The van der Waals surface area contributed by atoms with Gasteiger partial charge in [0.2, 0.25) is 0 Å². The summed E-state index contributed by atoms with van der Waals surface area (Å²) in [4.78, 5) is 7.44. The molecule has 0 aliphatic heterocycles. The van der Waals surface area contributed by atoms with Gasteiger partial charge in [0, 0.05) is 12.4 Å². The van der Waals surface area contributed by atoms with Crippen molar-refractivity contribution in [3.63, 3.8) is 0 Å². The van der Waals surface area contributed by atoms with Gasteiger partial charge in [-0.15, -0.1) is 0 Å². The third-order valence-electron chi connectivity index (χ3n) is 1.000. The Morgan fingerprint density at radius 1 is 1.50 bits per heavy atom. The van der Waals surface area contributed by atoms with Crippen LogP contribution in [0.3, 0.4) is 0 Å². The lowest BCUT2D eigenvalue weighted by molar-refractivity contribution is 0.510. The minimum Gasteiger partial charge on any atom is -0.506 e. The molecule has 1 aromatic heterocycles. The Morgan fingerprint density at radius 2 is 2.10 bits per heavy atom. The van der Waals surface area contributed by atoms with Gasteiger partial charge in [0.05, 0.1) is 0 Å². The van der Waals surface area contributed by atoms with Crippen LogP contribution in [0.4, 0.5) is 5.82 Å². The number of anilines is 1. The number of nitrogens with two attached hydrogens (primary N) is 1. The van der Waals surface area contributed by atoms with E-state index in [1.807, 2.05) is 0 Å². The lowest BCUT2D eigenvalue weighted by Crippen LogP contribution is -1.98. The van der Waals surface area contributed by atoms with Crippen LogP contribution >= 0.6 is 0 Å². The molecule has 0 saturated carbocycles. The van der Waals surface area contributed by atoms with Crippen molar-refractivity contribution in [1.82, 2.24) is 9.97 Å². The van der Waals surface area contributed by atoms with Crippen LogP contribution in [0.2, 0.25) is 0 Å². The number of rotatable bonds is 1. The maximum atomic E-state index is 8.83. The van der Waals surface area contributed by atoms with E-state index in [4.69, 9.17) is 10.8 Å². The van der Waals surface area contributed by atoms with E-state index in [1.165, 1.54) is 12.4 Å². The molecule has 1 rings (SSSR count). The normalized spacial score (nSPS) is 9.20. The van der Waals surface area contributed by atoms with Crippen molar-refractivity contribution in [3.05, 3.63) is 24.7 Å². The van der Waals surface area contributed by atoms with Crippen molar-refractivity contribution in [2.45, 2.75) is 0 Å². The first kappa shape index (κ1) is 6.54. The van der Waals surface area contributed by atoms with Gasteiger partial charge in [0.1, 0.15) is 11.5 Å². The standard InChI is InChI=1S/C6H7N3O/c1-4(10)5-6(7)9-3-2-8-5/h2-3,10H,1H2,(H2,7,9). The molecule has 0 fully saturated rings. The van der Waals surface area contributed by atoms with Gasteiger partial charge in [-0.1, -0.05) is 6.58 Å². The van der Waals surface area contributed by atoms with Crippen molar-refractivity contribution in [3.8, 4) is 0 Å². The molecule has 0 aliphatic carbocycles. The molecule has 0 atom stereocenters. The molecule has 0 amide bonds. The van der Waals surface area contributed by atoms with Crippen LogP contribution in [0.5, 0.6) is 0 Å². The Kier molecular flexibility index (Phi) is 1.53. The van der Waals surface area contributed by atoms with Gasteiger partial charge in [-0.25, -0.2) is 9.97 Å². The van der Waals surface area contributed by atoms with Gasteiger partial charge in [-0.05, 0) is 0 Å². The molecule has 0 aromatic carbocycles. The van der Waals surface area contributed by atoms with Crippen LogP contribution in [0.15, 0.2) is 19.0 Å². The SMILES string of the molecule is C=C(O)c1nccnc1N. The van der Waals surface area contributed by atoms with Crippen molar-refractivity contribution < 1.29 is 5.11 Å². The van der Waals surface area contributed by atoms with Gasteiger partial charge >= 0.3 is 0 Å². The summed E-state index contributed by atoms with van der Waals surface area (Å²) in [6, 6.07) is 0. The highest BCUT2D eigenvalue weighted by Crippen LogP contribution is 2.09. The van der Waals surface area contributed by atoms with E-state index >= 15 is 0 Å². The summed E-state index contributed by atoms with van der Waals surface area (Å²) in [5.41, 5.74) is 5.57. The maximum absolute atomic E-state index is 8.83. The minimum absolute atomic E-state index is 0.161. The van der Waals surface area contributed by atoms with Gasteiger partial charge < -0.3 is 10.8 Å². The number of hydrogen-bond donors (Lipinski definition) is 2. The average Bonchev–Trinajstić information content (AvgIpc) is 1.88. The van der Waals surface area contributed by atoms with Crippen LogP contribution in [0.1, 0.15) is 5.69 Å². The highest BCUT2D eigenvalue weighted by atomic mass is 16.3. The Morgan fingerprint density at radius 3 is 2.50 bits per heavy atom. The number of hydrogen-bond acceptors (Lipinski definition) is 4. The summed E-state index contributed by atoms with van der Waals surface area (Å²) in [5.74, 6) is 0.0283. The zero-order chi connectivity index (χ0) is 7.56. The molecule has 3 N–H and O–H groups in total. The summed E-state index contributed by atoms with van der Waals surface area (Å²) >= 11 is 0. The first-order valence-corrected chi connectivity index (χ1v) is 2.66. The maximum Gasteiger partial charge on any atom is 0.153 e. The first-order chi connectivity index (χ1) is 4.72. The smallest absolute Gasteiger partial charge is 0.153 e. The Hall–Kier alpha value is -1.58. The summed E-state index contributed by atoms with van der Waals surface area (Å²) in [7, 11) is 0. The third kappa shape index (κ3) is 1.05. The second-order valence-corrected chi connectivity index (χ2v) is 1.74. The predicted octanol–water partition coefficient (Wildman–Crippen LogP) is 0.587. The van der Waals surface area contributed by atoms with Crippen molar-refractivity contribution >= 4 is 11.6 Å². The van der Waals surface area contributed by atoms with E-state index in [0.717, 1.165) is 0 Å². The molecule has 1 aromatic rings. The van der Waals surface area contributed by atoms with Gasteiger partial charge in [0.25, 0.3) is 0 Å². The van der Waals surface area contributed by atoms with Gasteiger partial charge in [-0.3, -0.25) is 0 Å². The lowest BCUT2D eigenvalue weighted by atomic mass is 10.4. The molecule has 10 heavy (non-hydrogen) atoms. The molecule has 0 unspecified atom stereocenters. The molecule has 0 spiro atoms. The molecule has 52 valence electrons. The largest absolute Gasteiger partial charge is 0.506 e. The zero-order valence-corrected chi connectivity index (χ0v) is 5.28. The molecule has 4 nitrogen and oxygen atoms in total. The molecular formula is C6H7N3O. The van der Waals surface area contributed by atoms with E-state index in [0.29, 0.717) is 0 Å². The quantitative estimate of drug-likeness (QED) is 0.555. The zero-order valence-electron chi connectivity index (χ0n) is 5.28. The summed E-state index contributed by atoms with van der Waals surface area (Å²) in [5, 5.41) is 8.83. The van der Waals surface area contributed by atoms with E-state index < -0.39 is 0 Å². The number of aliphatic hydroxyl groups is 1. The number of aromatic nitrogens is 2. The molecule has 1 heterocycles. The summed E-state index contributed by atoms with van der Waals surface area (Å²) in [6.45, 7) is 3.26. The van der Waals surface area contributed by atoms with Gasteiger partial charge in [-0.2, -0.15) is 0 Å². The number of nitrogens with zero attached hydrogens (tertiary/aromatic N) is 2. The Labute approximate surface area is 58.0 Å². The fourth-order valence-electron chi connectivity index (χ4n) is 0.571. The van der Waals surface area contributed by atoms with E-state index in [1.54, 1.807) is 0 Å². The minimum atomic E-state index is -0.161. The molecule has 0 bridgehead atoms. The third-order valence-corrected chi connectivity index (χ3v) is 1.000. The highest BCUT2D eigenvalue weighted by Gasteiger charge is 2.01. The first-order valence-electron chi connectivity index (χ1n) is 2.66. The lowest BCUT2D eigenvalue weighted by Gasteiger charge is -1.98. The predicted molar refractivity (Wildman–Crippen MR) is 38.1 cm³/mol. The molecular weight excluding hydrogens is 130 g/mol. The Bertz CT molecular complexity index is 259. The van der Waals surface area contributed by atoms with Crippen molar-refractivity contribution in [2.75, 3.05) is 5.73 Å². The molecule has 4 heteroatoms. The number of nitrogen functional groups attached to an aromatic ring is 1. The molecule has 0 radical (unpaired) electrons. The Balaban J connectivity index is 3.15.